The molecule has 4 rings (SSSR count). The Morgan fingerprint density at radius 1 is 1.03 bits per heavy atom. The third-order valence-electron chi connectivity index (χ3n) is 5.80. The Morgan fingerprint density at radius 3 is 2.37 bits per heavy atom. The summed E-state index contributed by atoms with van der Waals surface area (Å²) in [6.07, 6.45) is 0.337. The predicted octanol–water partition coefficient (Wildman–Crippen LogP) is 4.51. The van der Waals surface area contributed by atoms with E-state index in [9.17, 15) is 13.5 Å². The Balaban J connectivity index is 1.58. The summed E-state index contributed by atoms with van der Waals surface area (Å²) in [5.74, 6) is 0.573. The fourth-order valence-corrected chi connectivity index (χ4v) is 6.02. The van der Waals surface area contributed by atoms with E-state index in [4.69, 9.17) is 9.47 Å². The number of nitrogens with zero attached hydrogens (tertiary/aromatic N) is 1. The number of aliphatic imine (C=N–C) groups is 1. The smallest absolute Gasteiger partial charge is 0.299 e. The Labute approximate surface area is 206 Å². The van der Waals surface area contributed by atoms with E-state index in [1.807, 2.05) is 60.7 Å². The van der Waals surface area contributed by atoms with Crippen molar-refractivity contribution >= 4 is 16.0 Å². The van der Waals surface area contributed by atoms with E-state index in [0.29, 0.717) is 24.3 Å². The van der Waals surface area contributed by atoms with Crippen LogP contribution in [-0.2, 0) is 21.4 Å². The summed E-state index contributed by atoms with van der Waals surface area (Å²) in [5.41, 5.74) is 1.33. The molecule has 3 aromatic carbocycles. The number of benzene rings is 3. The molecule has 1 heterocycles. The van der Waals surface area contributed by atoms with Gasteiger partial charge in [-0.1, -0.05) is 72.8 Å². The first-order valence-electron chi connectivity index (χ1n) is 11.5. The van der Waals surface area contributed by atoms with Gasteiger partial charge in [0.2, 0.25) is 10.0 Å². The van der Waals surface area contributed by atoms with Gasteiger partial charge in [-0.2, -0.15) is 0 Å². The molecule has 8 heteroatoms. The van der Waals surface area contributed by atoms with E-state index < -0.39 is 26.9 Å². The molecule has 0 radical (unpaired) electrons. The number of amidine groups is 1. The predicted molar refractivity (Wildman–Crippen MR) is 135 cm³/mol. The van der Waals surface area contributed by atoms with E-state index in [1.54, 1.807) is 38.1 Å². The van der Waals surface area contributed by atoms with Crippen LogP contribution in [0.2, 0.25) is 0 Å². The SMILES string of the molecule is CC1(C)OC(=N[C@@H](CCO)c2ccccc2)NS(=O)(=O)C1c1cccc(OCc2ccccc2)c1. The second-order valence-corrected chi connectivity index (χ2v) is 10.7. The van der Waals surface area contributed by atoms with Crippen molar-refractivity contribution in [1.82, 2.24) is 4.72 Å². The van der Waals surface area contributed by atoms with Crippen molar-refractivity contribution < 1.29 is 23.0 Å². The van der Waals surface area contributed by atoms with Gasteiger partial charge in [0, 0.05) is 6.61 Å². The van der Waals surface area contributed by atoms with Crippen molar-refractivity contribution in [3.05, 3.63) is 102 Å². The van der Waals surface area contributed by atoms with Gasteiger partial charge in [0.25, 0.3) is 6.02 Å². The first-order chi connectivity index (χ1) is 16.8. The third kappa shape index (κ3) is 6.01. The van der Waals surface area contributed by atoms with Crippen molar-refractivity contribution in [1.29, 1.82) is 0 Å². The molecule has 2 N–H and O–H groups in total. The highest BCUT2D eigenvalue weighted by atomic mass is 32.2. The van der Waals surface area contributed by atoms with Crippen LogP contribution in [0.1, 0.15) is 48.3 Å². The number of sulfonamides is 1. The van der Waals surface area contributed by atoms with Crippen molar-refractivity contribution in [2.75, 3.05) is 6.61 Å². The van der Waals surface area contributed by atoms with Crippen molar-refractivity contribution in [2.45, 2.75) is 43.8 Å². The van der Waals surface area contributed by atoms with Crippen LogP contribution in [0.25, 0.3) is 0 Å². The maximum Gasteiger partial charge on any atom is 0.299 e. The van der Waals surface area contributed by atoms with Gasteiger partial charge in [-0.05, 0) is 49.1 Å². The topological polar surface area (TPSA) is 97.2 Å². The molecule has 0 spiro atoms. The molecule has 35 heavy (non-hydrogen) atoms. The van der Waals surface area contributed by atoms with Gasteiger partial charge >= 0.3 is 0 Å². The molecular weight excluding hydrogens is 464 g/mol. The lowest BCUT2D eigenvalue weighted by Crippen LogP contribution is -2.53. The monoisotopic (exact) mass is 494 g/mol. The summed E-state index contributed by atoms with van der Waals surface area (Å²) in [7, 11) is -3.88. The van der Waals surface area contributed by atoms with Gasteiger partial charge in [-0.3, -0.25) is 0 Å². The minimum Gasteiger partial charge on any atom is -0.489 e. The molecule has 0 aromatic heterocycles. The normalized spacial score (nSPS) is 20.4. The average Bonchev–Trinajstić information content (AvgIpc) is 2.82. The van der Waals surface area contributed by atoms with Crippen LogP contribution in [0.5, 0.6) is 5.75 Å². The number of aliphatic hydroxyl groups excluding tert-OH is 1. The number of nitrogens with one attached hydrogen (secondary N) is 1. The lowest BCUT2D eigenvalue weighted by molar-refractivity contribution is 0.0758. The molecule has 1 aliphatic rings. The van der Waals surface area contributed by atoms with Crippen LogP contribution >= 0.6 is 0 Å². The molecule has 0 bridgehead atoms. The van der Waals surface area contributed by atoms with Crippen molar-refractivity contribution in [3.63, 3.8) is 0 Å². The van der Waals surface area contributed by atoms with Crippen LogP contribution in [0.4, 0.5) is 0 Å². The number of rotatable bonds is 8. The van der Waals surface area contributed by atoms with E-state index in [0.717, 1.165) is 11.1 Å². The van der Waals surface area contributed by atoms with Gasteiger partial charge in [0.15, 0.2) is 0 Å². The first-order valence-corrected chi connectivity index (χ1v) is 13.0. The fourth-order valence-electron chi connectivity index (χ4n) is 4.26. The molecule has 7 nitrogen and oxygen atoms in total. The zero-order chi connectivity index (χ0) is 24.9. The van der Waals surface area contributed by atoms with E-state index in [1.165, 1.54) is 0 Å². The van der Waals surface area contributed by atoms with E-state index in [2.05, 4.69) is 9.71 Å². The lowest BCUT2D eigenvalue weighted by atomic mass is 9.97. The number of ether oxygens (including phenoxy) is 2. The van der Waals surface area contributed by atoms with Crippen molar-refractivity contribution in [2.24, 2.45) is 4.99 Å². The standard InChI is InChI=1S/C27H30N2O5S/c1-27(2)25(22-14-9-15-23(18-22)33-19-20-10-5-3-6-11-20)35(31,32)29-26(34-27)28-24(16-17-30)21-12-7-4-8-13-21/h3-15,18,24-25,30H,16-17,19H2,1-2H3,(H,28,29)/t24-,25?/m0/s1. The summed E-state index contributed by atoms with van der Waals surface area (Å²) in [4.78, 5) is 4.51. The minimum atomic E-state index is -3.88. The number of aliphatic hydroxyl groups is 1. The first kappa shape index (κ1) is 24.8. The Morgan fingerprint density at radius 2 is 1.71 bits per heavy atom. The average molecular weight is 495 g/mol. The quantitative estimate of drug-likeness (QED) is 0.480. The minimum absolute atomic E-state index is 0.0787. The summed E-state index contributed by atoms with van der Waals surface area (Å²) in [5, 5.41) is 8.52. The Hall–Kier alpha value is -3.36. The third-order valence-corrected chi connectivity index (χ3v) is 7.72. The molecule has 0 aliphatic carbocycles. The summed E-state index contributed by atoms with van der Waals surface area (Å²) in [6.45, 7) is 3.74. The summed E-state index contributed by atoms with van der Waals surface area (Å²) < 4.78 is 41.3. The van der Waals surface area contributed by atoms with E-state index >= 15 is 0 Å². The van der Waals surface area contributed by atoms with Crippen LogP contribution < -0.4 is 9.46 Å². The van der Waals surface area contributed by atoms with Gasteiger partial charge in [-0.25, -0.2) is 18.1 Å². The van der Waals surface area contributed by atoms with Crippen molar-refractivity contribution in [3.8, 4) is 5.75 Å². The van der Waals surface area contributed by atoms with Gasteiger partial charge in [0.1, 0.15) is 23.2 Å². The zero-order valence-corrected chi connectivity index (χ0v) is 20.6. The second kappa shape index (κ2) is 10.5. The van der Waals surface area contributed by atoms with Crippen LogP contribution in [0, 0.1) is 0 Å². The molecular formula is C27H30N2O5S. The zero-order valence-electron chi connectivity index (χ0n) is 19.8. The molecule has 1 unspecified atom stereocenters. The van der Waals surface area contributed by atoms with Crippen LogP contribution in [0.15, 0.2) is 89.9 Å². The largest absolute Gasteiger partial charge is 0.489 e. The van der Waals surface area contributed by atoms with Crippen LogP contribution in [0.3, 0.4) is 0 Å². The highest BCUT2D eigenvalue weighted by molar-refractivity contribution is 7.90. The maximum atomic E-state index is 13.4. The number of hydrogen-bond acceptors (Lipinski definition) is 6. The van der Waals surface area contributed by atoms with Crippen LogP contribution in [-0.4, -0.2) is 31.8 Å². The highest BCUT2D eigenvalue weighted by Gasteiger charge is 2.48. The highest BCUT2D eigenvalue weighted by Crippen LogP contribution is 2.40. The molecule has 1 aliphatic heterocycles. The molecule has 1 fully saturated rings. The Bertz CT molecular complexity index is 1260. The lowest BCUT2D eigenvalue weighted by Gasteiger charge is -2.39. The second-order valence-electron chi connectivity index (χ2n) is 8.95. The molecule has 0 saturated carbocycles. The Kier molecular flexibility index (Phi) is 7.42. The van der Waals surface area contributed by atoms with Gasteiger partial charge in [-0.15, -0.1) is 0 Å². The molecule has 0 amide bonds. The number of hydrogen-bond donors (Lipinski definition) is 2. The summed E-state index contributed by atoms with van der Waals surface area (Å²) >= 11 is 0. The summed E-state index contributed by atoms with van der Waals surface area (Å²) in [6, 6.07) is 25.7. The molecule has 1 saturated heterocycles. The fraction of sp³-hybridized carbons (Fsp3) is 0.296. The van der Waals surface area contributed by atoms with E-state index in [-0.39, 0.29) is 12.6 Å². The van der Waals surface area contributed by atoms with Gasteiger partial charge in [0.05, 0.1) is 6.04 Å². The molecule has 3 aromatic rings. The van der Waals surface area contributed by atoms with Gasteiger partial charge < -0.3 is 14.6 Å². The molecule has 2 atom stereocenters. The molecule has 184 valence electrons. The maximum absolute atomic E-state index is 13.4.